The van der Waals surface area contributed by atoms with Gasteiger partial charge in [-0.15, -0.1) is 0 Å². The number of hydrogen-bond acceptors (Lipinski definition) is 5. The molecule has 1 aliphatic rings. The van der Waals surface area contributed by atoms with Crippen molar-refractivity contribution in [1.29, 1.82) is 0 Å². The largest absolute Gasteiger partial charge is 0.497 e. The second-order valence-electron chi connectivity index (χ2n) is 7.54. The average molecular weight is 425 g/mol. The standard InChI is InChI=1S/C23H28N4O4/c1-16(28)24-19-6-8-20(9-7-19)25-23(30)15-26-12-13-27(17(2)29)22(14-26)18-4-10-21(31-3)11-5-18/h4-11,22H,12-15H2,1-3H3,(H,24,28)(H,25,30)/t22-/m1/s1. The van der Waals surface area contributed by atoms with E-state index in [0.717, 1.165) is 11.3 Å². The van der Waals surface area contributed by atoms with E-state index in [1.807, 2.05) is 29.2 Å². The van der Waals surface area contributed by atoms with E-state index in [1.54, 1.807) is 38.3 Å². The molecule has 2 aromatic carbocycles. The van der Waals surface area contributed by atoms with Crippen LogP contribution in [0.5, 0.6) is 5.75 Å². The molecule has 8 nitrogen and oxygen atoms in total. The van der Waals surface area contributed by atoms with Gasteiger partial charge >= 0.3 is 0 Å². The average Bonchev–Trinajstić information content (AvgIpc) is 2.74. The lowest BCUT2D eigenvalue weighted by atomic mass is 10.0. The van der Waals surface area contributed by atoms with E-state index in [4.69, 9.17) is 4.74 Å². The Hall–Kier alpha value is -3.39. The first-order valence-electron chi connectivity index (χ1n) is 10.2. The summed E-state index contributed by atoms with van der Waals surface area (Å²) in [6.07, 6.45) is 0. The molecule has 8 heteroatoms. The molecule has 0 spiro atoms. The van der Waals surface area contributed by atoms with Crippen LogP contribution in [0.1, 0.15) is 25.5 Å². The van der Waals surface area contributed by atoms with Crippen LogP contribution in [-0.4, -0.2) is 60.8 Å². The van der Waals surface area contributed by atoms with Gasteiger partial charge in [-0.05, 0) is 42.0 Å². The lowest BCUT2D eigenvalue weighted by Crippen LogP contribution is -2.51. The third-order valence-electron chi connectivity index (χ3n) is 5.23. The molecule has 1 aliphatic heterocycles. The van der Waals surface area contributed by atoms with Crippen LogP contribution in [-0.2, 0) is 14.4 Å². The summed E-state index contributed by atoms with van der Waals surface area (Å²) in [6.45, 7) is 5.00. The van der Waals surface area contributed by atoms with Crippen LogP contribution in [0.15, 0.2) is 48.5 Å². The zero-order valence-corrected chi connectivity index (χ0v) is 18.1. The first kappa shape index (κ1) is 22.3. The van der Waals surface area contributed by atoms with E-state index in [2.05, 4.69) is 15.5 Å². The minimum Gasteiger partial charge on any atom is -0.497 e. The monoisotopic (exact) mass is 424 g/mol. The molecule has 1 heterocycles. The fourth-order valence-corrected chi connectivity index (χ4v) is 3.72. The van der Waals surface area contributed by atoms with Crippen LogP contribution in [0, 0.1) is 0 Å². The van der Waals surface area contributed by atoms with Crippen molar-refractivity contribution in [3.05, 3.63) is 54.1 Å². The molecule has 1 atom stereocenters. The summed E-state index contributed by atoms with van der Waals surface area (Å²) in [4.78, 5) is 39.7. The van der Waals surface area contributed by atoms with Crippen molar-refractivity contribution in [2.45, 2.75) is 19.9 Å². The number of amides is 3. The Morgan fingerprint density at radius 2 is 1.55 bits per heavy atom. The van der Waals surface area contributed by atoms with Crippen LogP contribution >= 0.6 is 0 Å². The zero-order valence-electron chi connectivity index (χ0n) is 18.1. The van der Waals surface area contributed by atoms with Gasteiger partial charge in [0.15, 0.2) is 0 Å². The Kier molecular flexibility index (Phi) is 7.25. The smallest absolute Gasteiger partial charge is 0.238 e. The molecule has 1 saturated heterocycles. The van der Waals surface area contributed by atoms with Crippen molar-refractivity contribution in [2.24, 2.45) is 0 Å². The summed E-state index contributed by atoms with van der Waals surface area (Å²) in [6, 6.07) is 14.5. The summed E-state index contributed by atoms with van der Waals surface area (Å²) in [5.41, 5.74) is 2.34. The Bertz CT molecular complexity index is 928. The van der Waals surface area contributed by atoms with Crippen LogP contribution in [0.4, 0.5) is 11.4 Å². The summed E-state index contributed by atoms with van der Waals surface area (Å²) in [5, 5.41) is 5.57. The highest BCUT2D eigenvalue weighted by Gasteiger charge is 2.30. The summed E-state index contributed by atoms with van der Waals surface area (Å²) in [5.74, 6) is 0.504. The molecule has 1 fully saturated rings. The van der Waals surface area contributed by atoms with Crippen molar-refractivity contribution >= 4 is 29.1 Å². The maximum absolute atomic E-state index is 12.6. The van der Waals surface area contributed by atoms with E-state index in [1.165, 1.54) is 6.92 Å². The van der Waals surface area contributed by atoms with Gasteiger partial charge in [-0.3, -0.25) is 19.3 Å². The van der Waals surface area contributed by atoms with Gasteiger partial charge in [-0.1, -0.05) is 12.1 Å². The molecule has 0 bridgehead atoms. The molecule has 31 heavy (non-hydrogen) atoms. The number of piperazine rings is 1. The van der Waals surface area contributed by atoms with Gasteiger partial charge in [0, 0.05) is 44.9 Å². The third kappa shape index (κ3) is 6.05. The number of anilines is 2. The van der Waals surface area contributed by atoms with Crippen molar-refractivity contribution in [3.8, 4) is 5.75 Å². The van der Waals surface area contributed by atoms with Gasteiger partial charge in [0.25, 0.3) is 0 Å². The minimum atomic E-state index is -0.145. The number of nitrogens with zero attached hydrogens (tertiary/aromatic N) is 2. The van der Waals surface area contributed by atoms with Crippen molar-refractivity contribution in [2.75, 3.05) is 43.9 Å². The predicted molar refractivity (Wildman–Crippen MR) is 119 cm³/mol. The molecule has 164 valence electrons. The Morgan fingerprint density at radius 1 is 0.935 bits per heavy atom. The maximum Gasteiger partial charge on any atom is 0.238 e. The fraction of sp³-hybridized carbons (Fsp3) is 0.348. The van der Waals surface area contributed by atoms with Gasteiger partial charge in [-0.2, -0.15) is 0 Å². The van der Waals surface area contributed by atoms with E-state index < -0.39 is 0 Å². The van der Waals surface area contributed by atoms with E-state index in [-0.39, 0.29) is 30.3 Å². The molecule has 0 radical (unpaired) electrons. The van der Waals surface area contributed by atoms with Crippen LogP contribution in [0.2, 0.25) is 0 Å². The molecular formula is C23H28N4O4. The van der Waals surface area contributed by atoms with E-state index >= 15 is 0 Å². The van der Waals surface area contributed by atoms with Crippen molar-refractivity contribution in [3.63, 3.8) is 0 Å². The summed E-state index contributed by atoms with van der Waals surface area (Å²) in [7, 11) is 1.62. The van der Waals surface area contributed by atoms with Crippen LogP contribution < -0.4 is 15.4 Å². The van der Waals surface area contributed by atoms with Gasteiger partial charge in [0.2, 0.25) is 17.7 Å². The Labute approximate surface area is 182 Å². The Morgan fingerprint density at radius 3 is 2.10 bits per heavy atom. The zero-order chi connectivity index (χ0) is 22.4. The molecule has 0 aromatic heterocycles. The highest BCUT2D eigenvalue weighted by atomic mass is 16.5. The van der Waals surface area contributed by atoms with Crippen LogP contribution in [0.25, 0.3) is 0 Å². The van der Waals surface area contributed by atoms with Gasteiger partial charge < -0.3 is 20.3 Å². The van der Waals surface area contributed by atoms with E-state index in [9.17, 15) is 14.4 Å². The minimum absolute atomic E-state index is 0.0178. The second-order valence-corrected chi connectivity index (χ2v) is 7.54. The molecule has 0 unspecified atom stereocenters. The molecule has 2 aromatic rings. The molecule has 0 aliphatic carbocycles. The third-order valence-corrected chi connectivity index (χ3v) is 5.23. The lowest BCUT2D eigenvalue weighted by molar-refractivity contribution is -0.134. The van der Waals surface area contributed by atoms with Crippen LogP contribution in [0.3, 0.4) is 0 Å². The topological polar surface area (TPSA) is 91.0 Å². The highest BCUT2D eigenvalue weighted by Crippen LogP contribution is 2.27. The highest BCUT2D eigenvalue weighted by molar-refractivity contribution is 5.93. The SMILES string of the molecule is COc1ccc([C@H]2CN(CC(=O)Nc3ccc(NC(C)=O)cc3)CCN2C(C)=O)cc1. The first-order chi connectivity index (χ1) is 14.9. The molecule has 3 rings (SSSR count). The lowest BCUT2D eigenvalue weighted by Gasteiger charge is -2.41. The molecular weight excluding hydrogens is 396 g/mol. The number of nitrogens with one attached hydrogen (secondary N) is 2. The molecule has 2 N–H and O–H groups in total. The molecule has 0 saturated carbocycles. The quantitative estimate of drug-likeness (QED) is 0.744. The number of carbonyl (C=O) groups is 3. The van der Waals surface area contributed by atoms with Gasteiger partial charge in [0.1, 0.15) is 5.75 Å². The van der Waals surface area contributed by atoms with Gasteiger partial charge in [0.05, 0.1) is 19.7 Å². The van der Waals surface area contributed by atoms with Crippen molar-refractivity contribution in [1.82, 2.24) is 9.80 Å². The second kappa shape index (κ2) is 10.1. The first-order valence-corrected chi connectivity index (χ1v) is 10.2. The van der Waals surface area contributed by atoms with Gasteiger partial charge in [-0.25, -0.2) is 0 Å². The number of carbonyl (C=O) groups excluding carboxylic acids is 3. The number of rotatable bonds is 6. The Balaban J connectivity index is 1.62. The van der Waals surface area contributed by atoms with E-state index in [0.29, 0.717) is 31.0 Å². The normalized spacial score (nSPS) is 16.5. The number of hydrogen-bond donors (Lipinski definition) is 2. The van der Waals surface area contributed by atoms with Crippen molar-refractivity contribution < 1.29 is 19.1 Å². The fourth-order valence-electron chi connectivity index (χ4n) is 3.72. The molecule has 3 amide bonds. The maximum atomic E-state index is 12.6. The summed E-state index contributed by atoms with van der Waals surface area (Å²) >= 11 is 0. The summed E-state index contributed by atoms with van der Waals surface area (Å²) < 4.78 is 5.22. The number of ether oxygens (including phenoxy) is 1. The predicted octanol–water partition coefficient (Wildman–Crippen LogP) is 2.50. The number of methoxy groups -OCH3 is 1. The number of benzene rings is 2.